The zero-order valence-corrected chi connectivity index (χ0v) is 70.7. The molecule has 652 valence electrons. The molecular weight excluding hydrogens is 1500 g/mol. The van der Waals surface area contributed by atoms with Crippen LogP contribution in [0.15, 0.2) is 42.5 Å². The Labute approximate surface area is 649 Å². The fourth-order valence-electron chi connectivity index (χ4n) is 13.4. The highest BCUT2D eigenvalue weighted by Gasteiger charge is 2.63. The van der Waals surface area contributed by atoms with E-state index in [1.54, 1.807) is 39.8 Å². The Balaban J connectivity index is 0.00000133. The molecule has 0 spiro atoms. The SMILES string of the molecule is CC1C2CC(CC(C)(O)C(F)(F)F)C(C2)C1C.CCC(C)(C)C(=O)OC(C)(C)C.CCC(C)(C)C(=O)OCC(C)CC(C)(C)C.CCC(C)(C)C1CC(C(C)(O)C(F)(F)F)CC(C(C)(O)C(F)(F)F)C1.CCC(C)c1cc(C(C)(O)C(F)(F)F)cc(C(C)(O)C(F)(F)F)c1.CCC(C)c1ccc(C(C)(O)C(F)(F)F)cc1. The van der Waals surface area contributed by atoms with Gasteiger partial charge >= 0.3 is 49.0 Å². The molecule has 16 unspecified atom stereocenters. The third kappa shape index (κ3) is 29.5. The molecule has 0 aliphatic heterocycles. The maximum absolute atomic E-state index is 13.2. The number of alkyl halides is 18. The largest absolute Gasteiger partial charge is 0.465 e. The number of hydrogen-bond donors (Lipinski definition) is 6. The summed E-state index contributed by atoms with van der Waals surface area (Å²) in [7, 11) is 0. The van der Waals surface area contributed by atoms with E-state index in [9.17, 15) is 119 Å². The molecule has 0 aromatic heterocycles. The van der Waals surface area contributed by atoms with Gasteiger partial charge in [0.25, 0.3) is 0 Å². The van der Waals surface area contributed by atoms with E-state index in [1.165, 1.54) is 12.1 Å². The van der Waals surface area contributed by atoms with Crippen LogP contribution in [-0.4, -0.2) is 109 Å². The van der Waals surface area contributed by atoms with Crippen molar-refractivity contribution in [2.75, 3.05) is 6.61 Å². The molecule has 3 aliphatic carbocycles. The van der Waals surface area contributed by atoms with Crippen LogP contribution < -0.4 is 0 Å². The average molecular weight is 1630 g/mol. The Bertz CT molecular complexity index is 3080. The summed E-state index contributed by atoms with van der Waals surface area (Å²) in [6.07, 6.45) is -23.4. The van der Waals surface area contributed by atoms with E-state index in [0.29, 0.717) is 94.1 Å². The summed E-state index contributed by atoms with van der Waals surface area (Å²) < 4.78 is 244. The standard InChI is InChI=1S/C17H28F6O2.C16H20F6O2.C14H28O2.C13H21F3O.C13H17F3O.C10H20O2/c1-6-13(2,3)10-7-11(14(4,24)16(18,19)20)9-12(8-10)15(5,25)17(21,22)23;1-5-9(2)10-6-11(13(3,23)15(17,18)19)8-12(7-10)14(4,24)16(20,21)22;1-8-14(6,7)12(15)16-10-11(2)9-13(3,4)5;1-7-8(2)11-5-9(7)4-10(11)6-12(3,17)13(14,15)16;1-4-9(2)10-5-7-11(8-6-10)12(3,17)13(14,15)16;1-7-10(5,6)8(11)12-9(2,3)4/h10-12,24-25H,6-9H2,1-5H3;6-9,23-24H,5H2,1-4H3;11H,8-10H2,1-7H3;7-11,17H,4-6H2,1-3H3;5-9,17H,4H2,1-3H3;7H2,1-6H3. The van der Waals surface area contributed by atoms with Gasteiger partial charge in [-0.1, -0.05) is 147 Å². The van der Waals surface area contributed by atoms with Crippen molar-refractivity contribution in [1.29, 1.82) is 0 Å². The van der Waals surface area contributed by atoms with Gasteiger partial charge < -0.3 is 40.1 Å². The van der Waals surface area contributed by atoms with Crippen molar-refractivity contribution in [1.82, 2.24) is 0 Å². The van der Waals surface area contributed by atoms with E-state index in [1.807, 2.05) is 83.1 Å². The molecule has 3 saturated carbocycles. The first-order valence-electron chi connectivity index (χ1n) is 38.4. The number of hydrogen-bond acceptors (Lipinski definition) is 10. The van der Waals surface area contributed by atoms with Gasteiger partial charge in [-0.25, -0.2) is 0 Å². The minimum Gasteiger partial charge on any atom is -0.465 e. The van der Waals surface area contributed by atoms with Crippen molar-refractivity contribution >= 4 is 11.9 Å². The van der Waals surface area contributed by atoms with Gasteiger partial charge in [0.2, 0.25) is 0 Å². The molecule has 0 radical (unpaired) electrons. The van der Waals surface area contributed by atoms with Gasteiger partial charge in [0.15, 0.2) is 33.6 Å². The molecule has 2 aromatic carbocycles. The van der Waals surface area contributed by atoms with Crippen LogP contribution in [0.1, 0.15) is 311 Å². The van der Waals surface area contributed by atoms with Gasteiger partial charge in [0.1, 0.15) is 5.60 Å². The third-order valence-corrected chi connectivity index (χ3v) is 24.1. The molecular formula is C83H134F18O10. The predicted octanol–water partition coefficient (Wildman–Crippen LogP) is 24.2. The minimum absolute atomic E-state index is 0.0300. The van der Waals surface area contributed by atoms with Crippen molar-refractivity contribution in [3.8, 4) is 0 Å². The van der Waals surface area contributed by atoms with Gasteiger partial charge in [-0.05, 0) is 270 Å². The molecule has 6 N–H and O–H groups in total. The summed E-state index contributed by atoms with van der Waals surface area (Å²) >= 11 is 0. The van der Waals surface area contributed by atoms with Crippen LogP contribution >= 0.6 is 0 Å². The van der Waals surface area contributed by atoms with Gasteiger partial charge in [-0.15, -0.1) is 0 Å². The lowest BCUT2D eigenvalue weighted by Crippen LogP contribution is -2.57. The summed E-state index contributed by atoms with van der Waals surface area (Å²) in [5.41, 5.74) is -19.9. The monoisotopic (exact) mass is 1630 g/mol. The topological polar surface area (TPSA) is 174 Å². The lowest BCUT2D eigenvalue weighted by atomic mass is 9.58. The molecule has 0 saturated heterocycles. The number of carbonyl (C=O) groups excluding carboxylic acids is 2. The average Bonchev–Trinajstić information content (AvgIpc) is 1.44. The molecule has 16 atom stereocenters. The van der Waals surface area contributed by atoms with Crippen LogP contribution in [0, 0.1) is 74.9 Å². The van der Waals surface area contributed by atoms with Crippen molar-refractivity contribution < 1.29 is 129 Å². The Morgan fingerprint density at radius 3 is 1.10 bits per heavy atom. The van der Waals surface area contributed by atoms with Crippen molar-refractivity contribution in [2.24, 2.45) is 74.9 Å². The molecule has 0 amide bonds. The summed E-state index contributed by atoms with van der Waals surface area (Å²) in [6, 6.07) is 8.57. The van der Waals surface area contributed by atoms with Gasteiger partial charge in [-0.2, -0.15) is 79.0 Å². The zero-order valence-electron chi connectivity index (χ0n) is 70.7. The van der Waals surface area contributed by atoms with Crippen LogP contribution in [-0.2, 0) is 35.9 Å². The lowest BCUT2D eigenvalue weighted by Gasteiger charge is -2.50. The van der Waals surface area contributed by atoms with Crippen molar-refractivity contribution in [2.45, 2.75) is 359 Å². The highest BCUT2D eigenvalue weighted by atomic mass is 19.4. The predicted molar refractivity (Wildman–Crippen MR) is 396 cm³/mol. The molecule has 111 heavy (non-hydrogen) atoms. The first-order chi connectivity index (χ1) is 49.0. The highest BCUT2D eigenvalue weighted by molar-refractivity contribution is 5.76. The molecule has 28 heteroatoms. The number of ether oxygens (including phenoxy) is 2. The molecule has 0 heterocycles. The molecule has 2 bridgehead atoms. The number of esters is 2. The quantitative estimate of drug-likeness (QED) is 0.0553. The van der Waals surface area contributed by atoms with Gasteiger partial charge in [0.05, 0.1) is 17.4 Å². The van der Waals surface area contributed by atoms with Crippen molar-refractivity contribution in [3.05, 3.63) is 70.3 Å². The van der Waals surface area contributed by atoms with E-state index in [4.69, 9.17) is 9.47 Å². The lowest BCUT2D eigenvalue weighted by molar-refractivity contribution is -0.299. The highest BCUT2D eigenvalue weighted by Crippen LogP contribution is 2.59. The van der Waals surface area contributed by atoms with Crippen LogP contribution in [0.5, 0.6) is 0 Å². The summed E-state index contributed by atoms with van der Waals surface area (Å²) in [5.74, 6) is -0.956. The second kappa shape index (κ2) is 38.5. The maximum Gasteiger partial charge on any atom is 0.421 e. The Hall–Kier alpha value is -4.12. The molecule has 3 fully saturated rings. The minimum atomic E-state index is -5.08. The molecule has 2 aromatic rings. The van der Waals surface area contributed by atoms with Crippen molar-refractivity contribution in [3.63, 3.8) is 0 Å². The number of rotatable bonds is 20. The van der Waals surface area contributed by atoms with E-state index in [0.717, 1.165) is 70.1 Å². The van der Waals surface area contributed by atoms with Crippen LogP contribution in [0.2, 0.25) is 0 Å². The third-order valence-electron chi connectivity index (χ3n) is 24.1. The number of fused-ring (bicyclic) bond motifs is 2. The summed E-state index contributed by atoms with van der Waals surface area (Å²) in [6.45, 7) is 47.6. The normalized spacial score (nSPS) is 24.4. The van der Waals surface area contributed by atoms with Gasteiger partial charge in [0, 0.05) is 0 Å². The van der Waals surface area contributed by atoms with Crippen LogP contribution in [0.4, 0.5) is 79.0 Å². The second-order valence-electron chi connectivity index (χ2n) is 37.0. The molecule has 3 aliphatic rings. The Morgan fingerprint density at radius 2 is 0.793 bits per heavy atom. The summed E-state index contributed by atoms with van der Waals surface area (Å²) in [5, 5.41) is 58.7. The number of benzene rings is 2. The fourth-order valence-corrected chi connectivity index (χ4v) is 13.4. The number of aliphatic hydroxyl groups is 6. The molecule has 10 nitrogen and oxygen atoms in total. The van der Waals surface area contributed by atoms with E-state index in [-0.39, 0.29) is 70.6 Å². The maximum atomic E-state index is 13.2. The van der Waals surface area contributed by atoms with E-state index < -0.39 is 111 Å². The van der Waals surface area contributed by atoms with Gasteiger partial charge in [-0.3, -0.25) is 9.59 Å². The number of halogens is 18. The first-order valence-corrected chi connectivity index (χ1v) is 38.4. The number of carbonyl (C=O) groups is 2. The summed E-state index contributed by atoms with van der Waals surface area (Å²) in [4.78, 5) is 23.2. The smallest absolute Gasteiger partial charge is 0.421 e. The fraction of sp³-hybridized carbons (Fsp3) is 0.831. The molecule has 5 rings (SSSR count). The second-order valence-corrected chi connectivity index (χ2v) is 37.0. The zero-order chi connectivity index (χ0) is 88.4. The van der Waals surface area contributed by atoms with E-state index in [2.05, 4.69) is 41.5 Å². The van der Waals surface area contributed by atoms with Crippen LogP contribution in [0.3, 0.4) is 0 Å². The van der Waals surface area contributed by atoms with E-state index >= 15 is 0 Å². The Morgan fingerprint density at radius 1 is 0.432 bits per heavy atom. The first kappa shape index (κ1) is 107. The van der Waals surface area contributed by atoms with Crippen LogP contribution in [0.25, 0.3) is 0 Å². The Kier molecular flexibility index (Phi) is 37.1.